The van der Waals surface area contributed by atoms with Crippen LogP contribution < -0.4 is 5.32 Å². The lowest BCUT2D eigenvalue weighted by molar-refractivity contribution is -0.132. The molecule has 0 bridgehead atoms. The van der Waals surface area contributed by atoms with E-state index in [4.69, 9.17) is 4.74 Å². The van der Waals surface area contributed by atoms with E-state index in [-0.39, 0.29) is 5.91 Å². The Labute approximate surface area is 144 Å². The predicted molar refractivity (Wildman–Crippen MR) is 93.6 cm³/mol. The molecule has 1 fully saturated rings. The van der Waals surface area contributed by atoms with Crippen LogP contribution in [0.15, 0.2) is 24.3 Å². The van der Waals surface area contributed by atoms with Gasteiger partial charge in [0.25, 0.3) is 0 Å². The van der Waals surface area contributed by atoms with Crippen molar-refractivity contribution in [2.75, 3.05) is 6.54 Å². The van der Waals surface area contributed by atoms with Crippen LogP contribution in [-0.2, 0) is 16.1 Å². The zero-order valence-corrected chi connectivity index (χ0v) is 15.1. The number of hydrogen-bond donors (Lipinski definition) is 1. The fraction of sp³-hybridized carbons (Fsp3) is 0.579. The van der Waals surface area contributed by atoms with Gasteiger partial charge in [-0.15, -0.1) is 0 Å². The third kappa shape index (κ3) is 6.22. The number of nitrogens with one attached hydrogen (secondary N) is 1. The minimum Gasteiger partial charge on any atom is -0.444 e. The highest BCUT2D eigenvalue weighted by Crippen LogP contribution is 2.29. The summed E-state index contributed by atoms with van der Waals surface area (Å²) in [6, 6.07) is 8.61. The average molecular weight is 332 g/mol. The number of carbonyl (C=O) groups is 2. The van der Waals surface area contributed by atoms with Gasteiger partial charge in [-0.2, -0.15) is 0 Å². The normalized spacial score (nSPS) is 14.2. The van der Waals surface area contributed by atoms with E-state index < -0.39 is 11.7 Å². The van der Waals surface area contributed by atoms with Gasteiger partial charge in [0.1, 0.15) is 5.60 Å². The van der Waals surface area contributed by atoms with Gasteiger partial charge in [0.05, 0.1) is 0 Å². The summed E-state index contributed by atoms with van der Waals surface area (Å²) in [4.78, 5) is 26.0. The Morgan fingerprint density at radius 1 is 1.21 bits per heavy atom. The summed E-state index contributed by atoms with van der Waals surface area (Å²) in [6.07, 6.45) is 1.95. The van der Waals surface area contributed by atoms with E-state index in [1.165, 1.54) is 5.56 Å². The number of hydrogen-bond acceptors (Lipinski definition) is 3. The molecule has 0 heterocycles. The summed E-state index contributed by atoms with van der Waals surface area (Å²) in [7, 11) is 0. The molecule has 2 amide bonds. The molecule has 0 atom stereocenters. The molecule has 2 rings (SSSR count). The van der Waals surface area contributed by atoms with Gasteiger partial charge in [-0.05, 0) is 46.1 Å². The highest BCUT2D eigenvalue weighted by atomic mass is 16.6. The van der Waals surface area contributed by atoms with Gasteiger partial charge in [0.15, 0.2) is 0 Å². The van der Waals surface area contributed by atoms with E-state index in [1.807, 2.05) is 25.7 Å². The molecule has 0 saturated heterocycles. The Hall–Kier alpha value is -2.04. The lowest BCUT2D eigenvalue weighted by Crippen LogP contribution is -2.37. The molecule has 0 aliphatic heterocycles. The summed E-state index contributed by atoms with van der Waals surface area (Å²) in [5, 5.41) is 2.65. The lowest BCUT2D eigenvalue weighted by Gasteiger charge is -2.23. The van der Waals surface area contributed by atoms with E-state index in [2.05, 4.69) is 36.5 Å². The van der Waals surface area contributed by atoms with Crippen LogP contribution in [0.5, 0.6) is 0 Å². The summed E-state index contributed by atoms with van der Waals surface area (Å²) < 4.78 is 5.17. The fourth-order valence-electron chi connectivity index (χ4n) is 2.43. The van der Waals surface area contributed by atoms with Crippen LogP contribution in [-0.4, -0.2) is 35.1 Å². The Morgan fingerprint density at radius 2 is 1.83 bits per heavy atom. The van der Waals surface area contributed by atoms with Gasteiger partial charge in [-0.3, -0.25) is 4.79 Å². The minimum absolute atomic E-state index is 0.0779. The summed E-state index contributed by atoms with van der Waals surface area (Å²) in [5.74, 6) is 0.0779. The Morgan fingerprint density at radius 3 is 2.38 bits per heavy atom. The van der Waals surface area contributed by atoms with Gasteiger partial charge in [-0.25, -0.2) is 4.79 Å². The van der Waals surface area contributed by atoms with E-state index in [0.717, 1.165) is 18.4 Å². The standard InChI is InChI=1S/C19H28N2O3/c1-14-5-7-15(8-6-14)13-21(16-9-10-16)17(22)11-12-20-18(23)24-19(2,3)4/h5-8,16H,9-13H2,1-4H3,(H,20,23). The summed E-state index contributed by atoms with van der Waals surface area (Å²) in [6.45, 7) is 8.42. The minimum atomic E-state index is -0.528. The van der Waals surface area contributed by atoms with E-state index in [9.17, 15) is 9.59 Å². The number of alkyl carbamates (subject to hydrolysis) is 1. The van der Waals surface area contributed by atoms with Crippen molar-refractivity contribution >= 4 is 12.0 Å². The average Bonchev–Trinajstić information content (AvgIpc) is 3.29. The predicted octanol–water partition coefficient (Wildman–Crippen LogP) is 3.40. The van der Waals surface area contributed by atoms with E-state index in [0.29, 0.717) is 25.6 Å². The van der Waals surface area contributed by atoms with Crippen molar-refractivity contribution in [2.24, 2.45) is 0 Å². The molecule has 1 saturated carbocycles. The number of ether oxygens (including phenoxy) is 1. The molecular weight excluding hydrogens is 304 g/mol. The van der Waals surface area contributed by atoms with Gasteiger partial charge >= 0.3 is 6.09 Å². The molecule has 1 aromatic rings. The lowest BCUT2D eigenvalue weighted by atomic mass is 10.1. The molecular formula is C19H28N2O3. The SMILES string of the molecule is Cc1ccc(CN(C(=O)CCNC(=O)OC(C)(C)C)C2CC2)cc1. The molecule has 24 heavy (non-hydrogen) atoms. The van der Waals surface area contributed by atoms with Crippen LogP contribution in [0.3, 0.4) is 0 Å². The maximum absolute atomic E-state index is 12.5. The Balaban J connectivity index is 1.82. The maximum atomic E-state index is 12.5. The van der Waals surface area contributed by atoms with Gasteiger partial charge in [0.2, 0.25) is 5.91 Å². The van der Waals surface area contributed by atoms with Crippen molar-refractivity contribution in [3.05, 3.63) is 35.4 Å². The van der Waals surface area contributed by atoms with Crippen molar-refractivity contribution in [2.45, 2.75) is 65.1 Å². The number of nitrogens with zero attached hydrogens (tertiary/aromatic N) is 1. The van der Waals surface area contributed by atoms with Crippen molar-refractivity contribution in [1.29, 1.82) is 0 Å². The monoisotopic (exact) mass is 332 g/mol. The highest BCUT2D eigenvalue weighted by Gasteiger charge is 2.32. The second-order valence-corrected chi connectivity index (χ2v) is 7.42. The van der Waals surface area contributed by atoms with Crippen molar-refractivity contribution in [3.8, 4) is 0 Å². The Kier molecular flexibility index (Phi) is 5.86. The highest BCUT2D eigenvalue weighted by molar-refractivity contribution is 5.78. The van der Waals surface area contributed by atoms with Crippen molar-refractivity contribution < 1.29 is 14.3 Å². The molecule has 0 radical (unpaired) electrons. The number of rotatable bonds is 6. The van der Waals surface area contributed by atoms with Crippen LogP contribution in [0.25, 0.3) is 0 Å². The third-order valence-electron chi connectivity index (χ3n) is 3.79. The van der Waals surface area contributed by atoms with Crippen LogP contribution in [0, 0.1) is 6.92 Å². The molecule has 0 spiro atoms. The molecule has 1 N–H and O–H groups in total. The first-order chi connectivity index (χ1) is 11.2. The van der Waals surface area contributed by atoms with Gasteiger partial charge in [0, 0.05) is 25.6 Å². The van der Waals surface area contributed by atoms with Crippen LogP contribution in [0.2, 0.25) is 0 Å². The zero-order valence-electron chi connectivity index (χ0n) is 15.1. The molecule has 0 unspecified atom stereocenters. The molecule has 1 aliphatic rings. The molecule has 1 aromatic carbocycles. The molecule has 5 nitrogen and oxygen atoms in total. The van der Waals surface area contributed by atoms with Crippen LogP contribution in [0.1, 0.15) is 51.2 Å². The largest absolute Gasteiger partial charge is 0.444 e. The van der Waals surface area contributed by atoms with Crippen molar-refractivity contribution in [1.82, 2.24) is 10.2 Å². The Bertz CT molecular complexity index is 571. The van der Waals surface area contributed by atoms with Crippen LogP contribution in [0.4, 0.5) is 4.79 Å². The fourth-order valence-corrected chi connectivity index (χ4v) is 2.43. The molecule has 1 aliphatic carbocycles. The van der Waals surface area contributed by atoms with E-state index >= 15 is 0 Å². The number of aryl methyl sites for hydroxylation is 1. The van der Waals surface area contributed by atoms with Crippen LogP contribution >= 0.6 is 0 Å². The maximum Gasteiger partial charge on any atom is 0.407 e. The zero-order chi connectivity index (χ0) is 17.7. The summed E-state index contributed by atoms with van der Waals surface area (Å²) in [5.41, 5.74) is 1.82. The first-order valence-corrected chi connectivity index (χ1v) is 8.56. The van der Waals surface area contributed by atoms with Crippen molar-refractivity contribution in [3.63, 3.8) is 0 Å². The molecule has 0 aromatic heterocycles. The number of benzene rings is 1. The smallest absolute Gasteiger partial charge is 0.407 e. The van der Waals surface area contributed by atoms with E-state index in [1.54, 1.807) is 0 Å². The molecule has 5 heteroatoms. The first kappa shape index (κ1) is 18.3. The third-order valence-corrected chi connectivity index (χ3v) is 3.79. The van der Waals surface area contributed by atoms with Gasteiger partial charge < -0.3 is 15.0 Å². The first-order valence-electron chi connectivity index (χ1n) is 8.56. The summed E-state index contributed by atoms with van der Waals surface area (Å²) >= 11 is 0. The molecule has 132 valence electrons. The van der Waals surface area contributed by atoms with Gasteiger partial charge in [-0.1, -0.05) is 29.8 Å². The topological polar surface area (TPSA) is 58.6 Å². The second-order valence-electron chi connectivity index (χ2n) is 7.42. The number of carbonyl (C=O) groups excluding carboxylic acids is 2. The second kappa shape index (κ2) is 7.69. The quantitative estimate of drug-likeness (QED) is 0.868. The number of amides is 2.